The topological polar surface area (TPSA) is 0 Å². The van der Waals surface area contributed by atoms with Gasteiger partial charge in [-0.25, -0.2) is 0 Å². The Morgan fingerprint density at radius 2 is 2.00 bits per heavy atom. The lowest BCUT2D eigenvalue weighted by atomic mass is 9.90. The van der Waals surface area contributed by atoms with Crippen molar-refractivity contribution in [1.82, 2.24) is 0 Å². The van der Waals surface area contributed by atoms with Crippen LogP contribution in [0.2, 0.25) is 0 Å². The van der Waals surface area contributed by atoms with Crippen molar-refractivity contribution in [2.75, 3.05) is 5.33 Å². The second kappa shape index (κ2) is 5.16. The number of hydrogen-bond donors (Lipinski definition) is 0. The van der Waals surface area contributed by atoms with Crippen LogP contribution in [-0.4, -0.2) is 5.33 Å². The zero-order valence-electron chi connectivity index (χ0n) is 7.93. The van der Waals surface area contributed by atoms with Gasteiger partial charge >= 0.3 is 0 Å². The maximum Gasteiger partial charge on any atom is 0.0178 e. The molecule has 0 aliphatic rings. The molecule has 13 heavy (non-hydrogen) atoms. The zero-order chi connectivity index (χ0) is 9.84. The molecule has 72 valence electrons. The summed E-state index contributed by atoms with van der Waals surface area (Å²) in [6, 6.07) is 8.55. The molecule has 0 aliphatic carbocycles. The molecule has 0 radical (unpaired) electrons. The maximum atomic E-state index is 3.56. The van der Waals surface area contributed by atoms with Gasteiger partial charge in [0, 0.05) is 9.80 Å². The van der Waals surface area contributed by atoms with E-state index < -0.39 is 0 Å². The largest absolute Gasteiger partial charge is 0.0921 e. The molecule has 1 aromatic carbocycles. The summed E-state index contributed by atoms with van der Waals surface area (Å²) in [6.45, 7) is 4.51. The molecule has 1 rings (SSSR count). The van der Waals surface area contributed by atoms with Crippen LogP contribution < -0.4 is 0 Å². The lowest BCUT2D eigenvalue weighted by Crippen LogP contribution is -2.07. The van der Waals surface area contributed by atoms with E-state index in [9.17, 15) is 0 Å². The van der Waals surface area contributed by atoms with Gasteiger partial charge in [-0.2, -0.15) is 0 Å². The Labute approximate surface area is 97.0 Å². The van der Waals surface area contributed by atoms with Crippen LogP contribution >= 0.6 is 31.9 Å². The number of hydrogen-bond acceptors (Lipinski definition) is 0. The van der Waals surface area contributed by atoms with E-state index in [0.29, 0.717) is 11.8 Å². The van der Waals surface area contributed by atoms with Crippen LogP contribution in [0.25, 0.3) is 0 Å². The van der Waals surface area contributed by atoms with Gasteiger partial charge in [-0.1, -0.05) is 57.8 Å². The van der Waals surface area contributed by atoms with Gasteiger partial charge in [0.2, 0.25) is 0 Å². The van der Waals surface area contributed by atoms with Crippen molar-refractivity contribution in [2.45, 2.75) is 19.8 Å². The van der Waals surface area contributed by atoms with Gasteiger partial charge in [-0.15, -0.1) is 0 Å². The molecular weight excluding hydrogens is 292 g/mol. The van der Waals surface area contributed by atoms with Gasteiger partial charge in [0.25, 0.3) is 0 Å². The second-order valence-electron chi connectivity index (χ2n) is 3.56. The minimum Gasteiger partial charge on any atom is -0.0921 e. The molecule has 0 fully saturated rings. The zero-order valence-corrected chi connectivity index (χ0v) is 11.1. The Hall–Kier alpha value is 0.180. The first kappa shape index (κ1) is 11.3. The van der Waals surface area contributed by atoms with Crippen molar-refractivity contribution in [3.63, 3.8) is 0 Å². The predicted molar refractivity (Wildman–Crippen MR) is 65.5 cm³/mol. The highest BCUT2D eigenvalue weighted by Gasteiger charge is 2.13. The van der Waals surface area contributed by atoms with E-state index in [-0.39, 0.29) is 0 Å². The highest BCUT2D eigenvalue weighted by molar-refractivity contribution is 9.10. The fraction of sp³-hybridized carbons (Fsp3) is 0.455. The molecular formula is C11H14Br2. The molecule has 1 unspecified atom stereocenters. The lowest BCUT2D eigenvalue weighted by Gasteiger charge is -2.18. The molecule has 2 heteroatoms. The van der Waals surface area contributed by atoms with E-state index in [0.717, 1.165) is 9.80 Å². The highest BCUT2D eigenvalue weighted by atomic mass is 79.9. The highest BCUT2D eigenvalue weighted by Crippen LogP contribution is 2.27. The van der Waals surface area contributed by atoms with Crippen molar-refractivity contribution in [2.24, 2.45) is 5.92 Å². The summed E-state index contributed by atoms with van der Waals surface area (Å²) >= 11 is 7.06. The summed E-state index contributed by atoms with van der Waals surface area (Å²) < 4.78 is 1.16. The summed E-state index contributed by atoms with van der Waals surface area (Å²) in [4.78, 5) is 0. The van der Waals surface area contributed by atoms with Crippen LogP contribution in [0.4, 0.5) is 0 Å². The van der Waals surface area contributed by atoms with Crippen LogP contribution in [0.1, 0.15) is 25.3 Å². The predicted octanol–water partition coefficient (Wildman–Crippen LogP) is 4.58. The summed E-state index contributed by atoms with van der Waals surface area (Å²) in [7, 11) is 0. The number of benzene rings is 1. The van der Waals surface area contributed by atoms with Gasteiger partial charge < -0.3 is 0 Å². The Morgan fingerprint density at radius 3 is 2.46 bits per heavy atom. The average Bonchev–Trinajstić information content (AvgIpc) is 2.04. The standard InChI is InChI=1S/C11H14Br2/c1-8(2)11(7-12)9-4-3-5-10(13)6-9/h3-6,8,11H,7H2,1-2H3. The Kier molecular flexibility index (Phi) is 4.47. The minimum absolute atomic E-state index is 0.609. The van der Waals surface area contributed by atoms with Gasteiger partial charge in [-0.3, -0.25) is 0 Å². The first-order valence-corrected chi connectivity index (χ1v) is 6.38. The molecule has 0 amide bonds. The molecule has 0 nitrogen and oxygen atoms in total. The molecule has 1 atom stereocenters. The first-order valence-electron chi connectivity index (χ1n) is 4.46. The smallest absolute Gasteiger partial charge is 0.0178 e. The van der Waals surface area contributed by atoms with E-state index in [1.54, 1.807) is 0 Å². The normalized spacial score (nSPS) is 13.3. The van der Waals surface area contributed by atoms with Gasteiger partial charge in [0.05, 0.1) is 0 Å². The molecule has 0 N–H and O–H groups in total. The summed E-state index contributed by atoms with van der Waals surface area (Å²) in [5.74, 6) is 1.28. The second-order valence-corrected chi connectivity index (χ2v) is 5.12. The maximum absolute atomic E-state index is 3.56. The molecule has 0 saturated carbocycles. The van der Waals surface area contributed by atoms with Gasteiger partial charge in [-0.05, 0) is 29.5 Å². The number of halogens is 2. The van der Waals surface area contributed by atoms with E-state index in [1.807, 2.05) is 0 Å². The molecule has 0 bridgehead atoms. The van der Waals surface area contributed by atoms with Crippen LogP contribution in [0.5, 0.6) is 0 Å². The van der Waals surface area contributed by atoms with E-state index in [2.05, 4.69) is 70.0 Å². The van der Waals surface area contributed by atoms with Gasteiger partial charge in [0.15, 0.2) is 0 Å². The SMILES string of the molecule is CC(C)C(CBr)c1cccc(Br)c1. The minimum atomic E-state index is 0.609. The average molecular weight is 306 g/mol. The molecule has 0 spiro atoms. The summed E-state index contributed by atoms with van der Waals surface area (Å²) in [5.41, 5.74) is 1.40. The fourth-order valence-electron chi connectivity index (χ4n) is 1.39. The van der Waals surface area contributed by atoms with Crippen molar-refractivity contribution in [3.05, 3.63) is 34.3 Å². The van der Waals surface area contributed by atoms with E-state index in [1.165, 1.54) is 5.56 Å². The third-order valence-corrected chi connectivity index (χ3v) is 3.44. The monoisotopic (exact) mass is 304 g/mol. The number of rotatable bonds is 3. The van der Waals surface area contributed by atoms with Crippen molar-refractivity contribution in [3.8, 4) is 0 Å². The van der Waals surface area contributed by atoms with Crippen LogP contribution in [0.3, 0.4) is 0 Å². The van der Waals surface area contributed by atoms with E-state index >= 15 is 0 Å². The van der Waals surface area contributed by atoms with Crippen LogP contribution in [-0.2, 0) is 0 Å². The Morgan fingerprint density at radius 1 is 1.31 bits per heavy atom. The summed E-state index contributed by atoms with van der Waals surface area (Å²) in [5, 5.41) is 1.03. The summed E-state index contributed by atoms with van der Waals surface area (Å²) in [6.07, 6.45) is 0. The molecule has 0 heterocycles. The van der Waals surface area contributed by atoms with Crippen LogP contribution in [0, 0.1) is 5.92 Å². The Bertz CT molecular complexity index is 269. The third-order valence-electron chi connectivity index (χ3n) is 2.25. The van der Waals surface area contributed by atoms with Crippen molar-refractivity contribution in [1.29, 1.82) is 0 Å². The fourth-order valence-corrected chi connectivity index (χ4v) is 2.93. The molecule has 0 aliphatic heterocycles. The lowest BCUT2D eigenvalue weighted by molar-refractivity contribution is 0.544. The van der Waals surface area contributed by atoms with Crippen molar-refractivity contribution >= 4 is 31.9 Å². The van der Waals surface area contributed by atoms with E-state index in [4.69, 9.17) is 0 Å². The quantitative estimate of drug-likeness (QED) is 0.717. The van der Waals surface area contributed by atoms with Gasteiger partial charge in [0.1, 0.15) is 0 Å². The Balaban J connectivity index is 2.91. The van der Waals surface area contributed by atoms with Crippen molar-refractivity contribution < 1.29 is 0 Å². The molecule has 0 saturated heterocycles. The molecule has 1 aromatic rings. The first-order chi connectivity index (χ1) is 6.15. The molecule has 0 aromatic heterocycles. The number of alkyl halides is 1. The third kappa shape index (κ3) is 3.10. The van der Waals surface area contributed by atoms with Crippen LogP contribution in [0.15, 0.2) is 28.7 Å².